The van der Waals surface area contributed by atoms with Gasteiger partial charge in [0.1, 0.15) is 0 Å². The smallest absolute Gasteiger partial charge is 0.310 e. The predicted octanol–water partition coefficient (Wildman–Crippen LogP) is -0.154. The van der Waals surface area contributed by atoms with Gasteiger partial charge in [0.25, 0.3) is 0 Å². The fraction of sp³-hybridized carbons (Fsp3) is 0.750. The minimum atomic E-state index is -1.00. The van der Waals surface area contributed by atoms with Crippen LogP contribution in [0, 0.1) is 11.8 Å². The SMILES string of the molecule is O=C(O)CCCNC(=O)C1C(C(=O)O)[C@@H]2CC[C@H]1O2. The Labute approximate surface area is 109 Å². The van der Waals surface area contributed by atoms with E-state index in [1.54, 1.807) is 0 Å². The van der Waals surface area contributed by atoms with Gasteiger partial charge >= 0.3 is 11.9 Å². The molecule has 2 unspecified atom stereocenters. The molecule has 1 amide bonds. The number of carboxylic acids is 2. The Kier molecular flexibility index (Phi) is 4.04. The molecule has 2 heterocycles. The number of carbonyl (C=O) groups excluding carboxylic acids is 1. The van der Waals surface area contributed by atoms with Crippen molar-refractivity contribution in [2.75, 3.05) is 6.54 Å². The summed E-state index contributed by atoms with van der Waals surface area (Å²) in [5.41, 5.74) is 0. The maximum Gasteiger partial charge on any atom is 0.310 e. The van der Waals surface area contributed by atoms with Gasteiger partial charge in [-0.2, -0.15) is 0 Å². The van der Waals surface area contributed by atoms with Crippen molar-refractivity contribution in [1.29, 1.82) is 0 Å². The summed E-state index contributed by atoms with van der Waals surface area (Å²) in [6.07, 6.45) is 1.03. The highest BCUT2D eigenvalue weighted by molar-refractivity contribution is 5.86. The van der Waals surface area contributed by atoms with Crippen LogP contribution in [-0.2, 0) is 19.1 Å². The van der Waals surface area contributed by atoms with Crippen molar-refractivity contribution < 1.29 is 29.3 Å². The molecule has 0 spiro atoms. The van der Waals surface area contributed by atoms with Gasteiger partial charge < -0.3 is 20.3 Å². The Bertz CT molecular complexity index is 396. The second-order valence-electron chi connectivity index (χ2n) is 4.97. The molecule has 4 atom stereocenters. The van der Waals surface area contributed by atoms with Crippen molar-refractivity contribution in [2.45, 2.75) is 37.9 Å². The number of fused-ring (bicyclic) bond motifs is 2. The minimum Gasteiger partial charge on any atom is -0.481 e. The number of hydrogen-bond acceptors (Lipinski definition) is 4. The van der Waals surface area contributed by atoms with E-state index < -0.39 is 23.8 Å². The molecular formula is C12H17NO6. The van der Waals surface area contributed by atoms with Crippen molar-refractivity contribution in [2.24, 2.45) is 11.8 Å². The fourth-order valence-electron chi connectivity index (χ4n) is 2.89. The maximum atomic E-state index is 12.0. The van der Waals surface area contributed by atoms with Gasteiger partial charge in [0.05, 0.1) is 24.0 Å². The Morgan fingerprint density at radius 3 is 2.32 bits per heavy atom. The normalized spacial score (nSPS) is 32.2. The average molecular weight is 271 g/mol. The molecule has 0 radical (unpaired) electrons. The van der Waals surface area contributed by atoms with E-state index in [-0.39, 0.29) is 31.1 Å². The number of ether oxygens (including phenoxy) is 1. The van der Waals surface area contributed by atoms with Crippen LogP contribution < -0.4 is 5.32 Å². The van der Waals surface area contributed by atoms with Gasteiger partial charge in [-0.25, -0.2) is 0 Å². The first-order valence-corrected chi connectivity index (χ1v) is 6.38. The van der Waals surface area contributed by atoms with Crippen LogP contribution in [0.1, 0.15) is 25.7 Å². The van der Waals surface area contributed by atoms with Crippen molar-refractivity contribution in [3.63, 3.8) is 0 Å². The fourth-order valence-corrected chi connectivity index (χ4v) is 2.89. The summed E-state index contributed by atoms with van der Waals surface area (Å²) in [5, 5.41) is 20.2. The van der Waals surface area contributed by atoms with Crippen molar-refractivity contribution in [3.05, 3.63) is 0 Å². The van der Waals surface area contributed by atoms with Gasteiger partial charge in [-0.1, -0.05) is 0 Å². The second-order valence-corrected chi connectivity index (χ2v) is 4.97. The van der Waals surface area contributed by atoms with Crippen LogP contribution in [0.4, 0.5) is 0 Å². The third-order valence-corrected chi connectivity index (χ3v) is 3.73. The first-order valence-electron chi connectivity index (χ1n) is 6.38. The van der Waals surface area contributed by atoms with Crippen molar-refractivity contribution in [3.8, 4) is 0 Å². The number of nitrogens with one attached hydrogen (secondary N) is 1. The Hall–Kier alpha value is -1.63. The molecule has 0 aromatic carbocycles. The van der Waals surface area contributed by atoms with E-state index in [2.05, 4.69) is 5.32 Å². The summed E-state index contributed by atoms with van der Waals surface area (Å²) in [4.78, 5) is 33.5. The van der Waals surface area contributed by atoms with Crippen LogP contribution in [-0.4, -0.2) is 46.8 Å². The lowest BCUT2D eigenvalue weighted by molar-refractivity contribution is -0.147. The third-order valence-electron chi connectivity index (χ3n) is 3.73. The largest absolute Gasteiger partial charge is 0.481 e. The molecule has 0 saturated carbocycles. The van der Waals surface area contributed by atoms with Crippen LogP contribution >= 0.6 is 0 Å². The summed E-state index contributed by atoms with van der Waals surface area (Å²) >= 11 is 0. The molecule has 2 aliphatic rings. The average Bonchev–Trinajstić information content (AvgIpc) is 2.93. The number of carbonyl (C=O) groups is 3. The molecule has 7 heteroatoms. The monoisotopic (exact) mass is 271 g/mol. The number of amides is 1. The minimum absolute atomic E-state index is 0.0180. The zero-order valence-electron chi connectivity index (χ0n) is 10.4. The standard InChI is InChI=1S/C12H17NO6/c14-8(15)2-1-5-13-11(16)9-6-3-4-7(19-6)10(9)12(17)18/h6-7,9-10H,1-5H2,(H,13,16)(H,14,15)(H,17,18)/t6-,7+,9?,10?/m1/s1. The first kappa shape index (κ1) is 13.8. The molecule has 0 aliphatic carbocycles. The summed E-state index contributed by atoms with van der Waals surface area (Å²) in [7, 11) is 0. The molecule has 0 aromatic heterocycles. The number of hydrogen-bond donors (Lipinski definition) is 3. The number of rotatable bonds is 6. The summed E-state index contributed by atoms with van der Waals surface area (Å²) in [6, 6.07) is 0. The molecule has 7 nitrogen and oxygen atoms in total. The summed E-state index contributed by atoms with van der Waals surface area (Å²) in [6.45, 7) is 0.241. The topological polar surface area (TPSA) is 113 Å². The predicted molar refractivity (Wildman–Crippen MR) is 62.4 cm³/mol. The number of aliphatic carboxylic acids is 2. The molecule has 0 aromatic rings. The van der Waals surface area contributed by atoms with E-state index in [1.165, 1.54) is 0 Å². The Morgan fingerprint density at radius 2 is 1.74 bits per heavy atom. The molecule has 2 rings (SSSR count). The van der Waals surface area contributed by atoms with Gasteiger partial charge in [-0.05, 0) is 19.3 Å². The summed E-state index contributed by atoms with van der Waals surface area (Å²) in [5.74, 6) is -3.69. The molecule has 3 N–H and O–H groups in total. The van der Waals surface area contributed by atoms with Gasteiger partial charge in [-0.15, -0.1) is 0 Å². The van der Waals surface area contributed by atoms with E-state index in [0.717, 1.165) is 0 Å². The van der Waals surface area contributed by atoms with Crippen LogP contribution in [0.3, 0.4) is 0 Å². The van der Waals surface area contributed by atoms with Crippen LogP contribution in [0.15, 0.2) is 0 Å². The van der Waals surface area contributed by atoms with E-state index in [4.69, 9.17) is 14.9 Å². The van der Waals surface area contributed by atoms with E-state index in [0.29, 0.717) is 19.3 Å². The van der Waals surface area contributed by atoms with E-state index in [1.807, 2.05) is 0 Å². The van der Waals surface area contributed by atoms with E-state index in [9.17, 15) is 14.4 Å². The molecule has 19 heavy (non-hydrogen) atoms. The zero-order chi connectivity index (χ0) is 14.0. The Balaban J connectivity index is 1.87. The molecule has 2 fully saturated rings. The lowest BCUT2D eigenvalue weighted by Gasteiger charge is -2.23. The summed E-state index contributed by atoms with van der Waals surface area (Å²) < 4.78 is 5.49. The lowest BCUT2D eigenvalue weighted by atomic mass is 9.78. The highest BCUT2D eigenvalue weighted by Gasteiger charge is 2.55. The molecule has 106 valence electrons. The van der Waals surface area contributed by atoms with Crippen LogP contribution in [0.2, 0.25) is 0 Å². The first-order chi connectivity index (χ1) is 9.00. The molecule has 2 aliphatic heterocycles. The highest BCUT2D eigenvalue weighted by atomic mass is 16.5. The lowest BCUT2D eigenvalue weighted by Crippen LogP contribution is -2.44. The molecular weight excluding hydrogens is 254 g/mol. The molecule has 2 bridgehead atoms. The second kappa shape index (κ2) is 5.56. The van der Waals surface area contributed by atoms with Gasteiger partial charge in [0.2, 0.25) is 5.91 Å². The van der Waals surface area contributed by atoms with Gasteiger partial charge in [-0.3, -0.25) is 14.4 Å². The van der Waals surface area contributed by atoms with Crippen molar-refractivity contribution >= 4 is 17.8 Å². The van der Waals surface area contributed by atoms with Crippen LogP contribution in [0.5, 0.6) is 0 Å². The quantitative estimate of drug-likeness (QED) is 0.579. The van der Waals surface area contributed by atoms with Crippen molar-refractivity contribution in [1.82, 2.24) is 5.32 Å². The molecule has 2 saturated heterocycles. The maximum absolute atomic E-state index is 12.0. The van der Waals surface area contributed by atoms with Gasteiger partial charge in [0.15, 0.2) is 0 Å². The van der Waals surface area contributed by atoms with Gasteiger partial charge in [0, 0.05) is 13.0 Å². The Morgan fingerprint density at radius 1 is 1.11 bits per heavy atom. The number of carboxylic acid groups (broad SMARTS) is 2. The third kappa shape index (κ3) is 2.86. The highest BCUT2D eigenvalue weighted by Crippen LogP contribution is 2.43. The zero-order valence-corrected chi connectivity index (χ0v) is 10.4. The van der Waals surface area contributed by atoms with E-state index >= 15 is 0 Å². The van der Waals surface area contributed by atoms with Crippen LogP contribution in [0.25, 0.3) is 0 Å².